The minimum absolute atomic E-state index is 0.439. The van der Waals surface area contributed by atoms with E-state index in [0.29, 0.717) is 24.7 Å². The van der Waals surface area contributed by atoms with E-state index in [2.05, 4.69) is 41.3 Å². The summed E-state index contributed by atoms with van der Waals surface area (Å²) >= 11 is 0. The summed E-state index contributed by atoms with van der Waals surface area (Å²) in [5, 5.41) is 17.3. The third-order valence-corrected chi connectivity index (χ3v) is 8.11. The summed E-state index contributed by atoms with van der Waals surface area (Å²) < 4.78 is 11.9. The normalized spacial score (nSPS) is 13.2. The van der Waals surface area contributed by atoms with Crippen LogP contribution in [0.15, 0.2) is 103 Å². The number of aliphatic hydroxyl groups is 1. The molecule has 6 rings (SSSR count). The number of pyridine rings is 2. The second-order valence-electron chi connectivity index (χ2n) is 11.0. The first-order valence-corrected chi connectivity index (χ1v) is 14.1. The molecule has 2 aromatic heterocycles. The monoisotopic (exact) mass is 557 g/mol. The maximum atomic E-state index is 13.2. The summed E-state index contributed by atoms with van der Waals surface area (Å²) in [5.41, 5.74) is 2.59. The van der Waals surface area contributed by atoms with Gasteiger partial charge in [0.2, 0.25) is 11.8 Å². The number of hydrogen-bond acceptors (Lipinski definition) is 6. The molecule has 0 amide bonds. The van der Waals surface area contributed by atoms with Crippen molar-refractivity contribution in [2.24, 2.45) is 0 Å². The van der Waals surface area contributed by atoms with E-state index in [0.717, 1.165) is 49.3 Å². The second-order valence-corrected chi connectivity index (χ2v) is 11.0. The Hall–Kier alpha value is -4.52. The first-order chi connectivity index (χ1) is 20.4. The van der Waals surface area contributed by atoms with Gasteiger partial charge in [-0.25, -0.2) is 9.97 Å². The van der Waals surface area contributed by atoms with Gasteiger partial charge in [0.1, 0.15) is 5.60 Å². The van der Waals surface area contributed by atoms with Gasteiger partial charge in [0.15, 0.2) is 0 Å². The van der Waals surface area contributed by atoms with Crippen molar-refractivity contribution in [1.82, 2.24) is 14.9 Å². The van der Waals surface area contributed by atoms with Gasteiger partial charge in [-0.05, 0) is 67.2 Å². The molecule has 6 nitrogen and oxygen atoms in total. The lowest BCUT2D eigenvalue weighted by Gasteiger charge is -2.39. The van der Waals surface area contributed by atoms with E-state index >= 15 is 0 Å². The molecule has 0 aliphatic carbocycles. The van der Waals surface area contributed by atoms with Crippen LogP contribution in [0.2, 0.25) is 0 Å². The van der Waals surface area contributed by atoms with Crippen LogP contribution in [0.3, 0.4) is 0 Å². The molecule has 4 aromatic carbocycles. The molecule has 1 atom stereocenters. The lowest BCUT2D eigenvalue weighted by atomic mass is 9.71. The van der Waals surface area contributed by atoms with Gasteiger partial charge in [-0.1, -0.05) is 72.8 Å². The first kappa shape index (κ1) is 27.6. The van der Waals surface area contributed by atoms with Crippen molar-refractivity contribution in [2.75, 3.05) is 34.9 Å². The highest BCUT2D eigenvalue weighted by atomic mass is 16.5. The van der Waals surface area contributed by atoms with Gasteiger partial charge in [0.25, 0.3) is 0 Å². The van der Waals surface area contributed by atoms with Gasteiger partial charge in [-0.2, -0.15) is 0 Å². The molecule has 1 unspecified atom stereocenters. The Morgan fingerprint density at radius 2 is 1.17 bits per heavy atom. The minimum Gasteiger partial charge on any atom is -0.481 e. The van der Waals surface area contributed by atoms with Crippen molar-refractivity contribution in [1.29, 1.82) is 0 Å². The zero-order valence-electron chi connectivity index (χ0n) is 24.4. The van der Waals surface area contributed by atoms with E-state index in [4.69, 9.17) is 19.4 Å². The Bertz CT molecular complexity index is 1800. The average molecular weight is 558 g/mol. The SMILES string of the molecule is COc1nc2ccccc2cc1C(c1cc2ccccc2nc1OC)C(O)(CCN(C)C)c1ccc2ccccc2c1. The fourth-order valence-electron chi connectivity index (χ4n) is 5.96. The Kier molecular flexibility index (Phi) is 7.50. The maximum absolute atomic E-state index is 13.2. The number of aromatic nitrogens is 2. The second kappa shape index (κ2) is 11.4. The molecule has 0 saturated heterocycles. The van der Waals surface area contributed by atoms with Gasteiger partial charge in [0, 0.05) is 28.4 Å². The van der Waals surface area contributed by atoms with E-state index < -0.39 is 11.5 Å². The van der Waals surface area contributed by atoms with Crippen LogP contribution in [-0.2, 0) is 5.60 Å². The number of rotatable bonds is 9. The summed E-state index contributed by atoms with van der Waals surface area (Å²) in [6, 6.07) is 34.5. The lowest BCUT2D eigenvalue weighted by Crippen LogP contribution is -2.38. The van der Waals surface area contributed by atoms with Crippen molar-refractivity contribution < 1.29 is 14.6 Å². The predicted molar refractivity (Wildman–Crippen MR) is 169 cm³/mol. The number of nitrogens with zero attached hydrogens (tertiary/aromatic N) is 3. The third-order valence-electron chi connectivity index (χ3n) is 8.11. The number of para-hydroxylation sites is 2. The van der Waals surface area contributed by atoms with E-state index in [1.165, 1.54) is 0 Å². The number of benzene rings is 4. The Labute approximate surface area is 246 Å². The molecule has 0 bridgehead atoms. The molecular formula is C36H35N3O3. The molecule has 6 aromatic rings. The molecular weight excluding hydrogens is 522 g/mol. The van der Waals surface area contributed by atoms with Crippen LogP contribution in [0.25, 0.3) is 32.6 Å². The van der Waals surface area contributed by atoms with Gasteiger partial charge in [-0.3, -0.25) is 0 Å². The van der Waals surface area contributed by atoms with Gasteiger partial charge in [0.05, 0.1) is 31.2 Å². The lowest BCUT2D eigenvalue weighted by molar-refractivity contribution is 0.00324. The van der Waals surface area contributed by atoms with E-state index in [9.17, 15) is 5.11 Å². The average Bonchev–Trinajstić information content (AvgIpc) is 3.02. The van der Waals surface area contributed by atoms with E-state index in [1.807, 2.05) is 80.8 Å². The maximum Gasteiger partial charge on any atom is 0.217 e. The molecule has 0 aliphatic rings. The zero-order chi connectivity index (χ0) is 29.3. The quantitative estimate of drug-likeness (QED) is 0.208. The molecule has 212 valence electrons. The van der Waals surface area contributed by atoms with Gasteiger partial charge < -0.3 is 19.5 Å². The van der Waals surface area contributed by atoms with Crippen molar-refractivity contribution in [2.45, 2.75) is 17.9 Å². The standard InChI is InChI=1S/C36H35N3O3/c1-39(2)20-19-36(40,28-18-17-24-11-5-6-12-25(24)21-28)33(29-22-26-13-7-9-15-31(26)37-34(29)41-3)30-23-27-14-8-10-16-32(27)38-35(30)42-4/h5-18,21-23,33,40H,19-20H2,1-4H3. The van der Waals surface area contributed by atoms with Gasteiger partial charge in [-0.15, -0.1) is 0 Å². The highest BCUT2D eigenvalue weighted by Gasteiger charge is 2.44. The molecule has 6 heteroatoms. The highest BCUT2D eigenvalue weighted by Crippen LogP contribution is 2.50. The summed E-state index contributed by atoms with van der Waals surface area (Å²) in [6.45, 7) is 0.645. The zero-order valence-corrected chi connectivity index (χ0v) is 24.4. The third kappa shape index (κ3) is 5.04. The van der Waals surface area contributed by atoms with Crippen molar-refractivity contribution in [3.05, 3.63) is 120 Å². The summed E-state index contributed by atoms with van der Waals surface area (Å²) in [5.74, 6) is 0.286. The summed E-state index contributed by atoms with van der Waals surface area (Å²) in [4.78, 5) is 11.9. The fraction of sp³-hybridized carbons (Fsp3) is 0.222. The van der Waals surface area contributed by atoms with Crippen LogP contribution in [-0.4, -0.2) is 54.8 Å². The number of methoxy groups -OCH3 is 2. The van der Waals surface area contributed by atoms with Crippen molar-refractivity contribution in [3.63, 3.8) is 0 Å². The Morgan fingerprint density at radius 3 is 1.69 bits per heavy atom. The van der Waals surface area contributed by atoms with Gasteiger partial charge >= 0.3 is 0 Å². The highest BCUT2D eigenvalue weighted by molar-refractivity contribution is 5.84. The minimum atomic E-state index is -1.39. The summed E-state index contributed by atoms with van der Waals surface area (Å²) in [7, 11) is 7.29. The van der Waals surface area contributed by atoms with E-state index in [-0.39, 0.29) is 0 Å². The van der Waals surface area contributed by atoms with Crippen molar-refractivity contribution >= 4 is 32.6 Å². The number of ether oxygens (including phenoxy) is 2. The molecule has 42 heavy (non-hydrogen) atoms. The summed E-state index contributed by atoms with van der Waals surface area (Å²) in [6.07, 6.45) is 0.439. The number of hydrogen-bond donors (Lipinski definition) is 1. The molecule has 0 radical (unpaired) electrons. The van der Waals surface area contributed by atoms with Crippen LogP contribution < -0.4 is 9.47 Å². The van der Waals surface area contributed by atoms with Crippen LogP contribution >= 0.6 is 0 Å². The predicted octanol–water partition coefficient (Wildman–Crippen LogP) is 6.92. The largest absolute Gasteiger partial charge is 0.481 e. The molecule has 2 heterocycles. The molecule has 0 saturated carbocycles. The molecule has 1 N–H and O–H groups in total. The Balaban J connectivity index is 1.70. The fourth-order valence-corrected chi connectivity index (χ4v) is 5.96. The Morgan fingerprint density at radius 1 is 0.667 bits per heavy atom. The smallest absolute Gasteiger partial charge is 0.217 e. The molecule has 0 spiro atoms. The topological polar surface area (TPSA) is 67.7 Å². The van der Waals surface area contributed by atoms with Crippen LogP contribution in [0.5, 0.6) is 11.8 Å². The van der Waals surface area contributed by atoms with E-state index in [1.54, 1.807) is 14.2 Å². The molecule has 0 fully saturated rings. The van der Waals surface area contributed by atoms with Crippen molar-refractivity contribution in [3.8, 4) is 11.8 Å². The molecule has 0 aliphatic heterocycles. The number of fused-ring (bicyclic) bond motifs is 3. The van der Waals surface area contributed by atoms with Crippen LogP contribution in [0, 0.1) is 0 Å². The van der Waals surface area contributed by atoms with Crippen LogP contribution in [0.1, 0.15) is 29.0 Å². The first-order valence-electron chi connectivity index (χ1n) is 14.1. The van der Waals surface area contributed by atoms with Crippen LogP contribution in [0.4, 0.5) is 0 Å².